The fourth-order valence-corrected chi connectivity index (χ4v) is 4.61. The van der Waals surface area contributed by atoms with E-state index in [1.165, 1.54) is 16.7 Å². The van der Waals surface area contributed by atoms with Crippen molar-refractivity contribution in [1.29, 1.82) is 0 Å². The summed E-state index contributed by atoms with van der Waals surface area (Å²) < 4.78 is 17.6. The van der Waals surface area contributed by atoms with E-state index in [0.29, 0.717) is 12.5 Å². The van der Waals surface area contributed by atoms with Gasteiger partial charge in [-0.05, 0) is 60.2 Å². The molecule has 5 rings (SSSR count). The fourth-order valence-electron chi connectivity index (χ4n) is 4.61. The van der Waals surface area contributed by atoms with E-state index in [4.69, 9.17) is 23.8 Å². The Labute approximate surface area is 193 Å². The molecule has 3 aromatic rings. The predicted molar refractivity (Wildman–Crippen MR) is 121 cm³/mol. The van der Waals surface area contributed by atoms with E-state index >= 15 is 0 Å². The summed E-state index contributed by atoms with van der Waals surface area (Å²) in [6.07, 6.45) is 8.34. The second-order valence-electron chi connectivity index (χ2n) is 8.30. The summed E-state index contributed by atoms with van der Waals surface area (Å²) in [6, 6.07) is 10.6. The number of ether oxygens (including phenoxy) is 2. The second-order valence-corrected chi connectivity index (χ2v) is 8.30. The lowest BCUT2D eigenvalue weighted by molar-refractivity contribution is -0.122. The number of aromatic nitrogens is 2. The number of piperidine rings is 1. The molecule has 8 nitrogen and oxygen atoms in total. The first kappa shape index (κ1) is 22.9. The molecule has 0 atom stereocenters. The number of fused-ring (bicyclic) bond motifs is 2. The summed E-state index contributed by atoms with van der Waals surface area (Å²) in [4.78, 5) is 19.3. The van der Waals surface area contributed by atoms with Crippen molar-refractivity contribution >= 4 is 6.47 Å². The molecule has 0 bridgehead atoms. The molecule has 1 spiro atoms. The SMILES string of the molecule is Cc1nc(COc2ccc3c(c2)CCOC32CCN(Cc3ccncc3)CC2)co1.O=CO. The van der Waals surface area contributed by atoms with Gasteiger partial charge in [-0.2, -0.15) is 0 Å². The summed E-state index contributed by atoms with van der Waals surface area (Å²) in [7, 11) is 0. The maximum Gasteiger partial charge on any atom is 0.290 e. The lowest BCUT2D eigenvalue weighted by atomic mass is 9.79. The van der Waals surface area contributed by atoms with Gasteiger partial charge in [0.15, 0.2) is 5.89 Å². The number of carboxylic acid groups (broad SMARTS) is 1. The van der Waals surface area contributed by atoms with Gasteiger partial charge in [-0.25, -0.2) is 4.98 Å². The lowest BCUT2D eigenvalue weighted by Crippen LogP contribution is -2.46. The number of hydrogen-bond donors (Lipinski definition) is 1. The highest BCUT2D eigenvalue weighted by Crippen LogP contribution is 2.42. The molecule has 2 aliphatic heterocycles. The summed E-state index contributed by atoms with van der Waals surface area (Å²) in [6.45, 7) is 5.81. The highest BCUT2D eigenvalue weighted by Gasteiger charge is 2.40. The molecule has 1 aromatic carbocycles. The highest BCUT2D eigenvalue weighted by atomic mass is 16.5. The van der Waals surface area contributed by atoms with Gasteiger partial charge in [0.1, 0.15) is 24.3 Å². The van der Waals surface area contributed by atoms with E-state index in [1.807, 2.05) is 19.3 Å². The molecule has 0 unspecified atom stereocenters. The zero-order valence-electron chi connectivity index (χ0n) is 18.8. The van der Waals surface area contributed by atoms with Crippen LogP contribution >= 0.6 is 0 Å². The Morgan fingerprint density at radius 2 is 1.97 bits per heavy atom. The van der Waals surface area contributed by atoms with Crippen LogP contribution in [0.25, 0.3) is 0 Å². The lowest BCUT2D eigenvalue weighted by Gasteiger charge is -2.45. The third-order valence-electron chi connectivity index (χ3n) is 6.19. The van der Waals surface area contributed by atoms with Crippen LogP contribution in [0.5, 0.6) is 5.75 Å². The Morgan fingerprint density at radius 3 is 2.67 bits per heavy atom. The Morgan fingerprint density at radius 1 is 1.21 bits per heavy atom. The van der Waals surface area contributed by atoms with Crippen LogP contribution in [0.4, 0.5) is 0 Å². The van der Waals surface area contributed by atoms with Crippen LogP contribution in [0.1, 0.15) is 41.1 Å². The van der Waals surface area contributed by atoms with Crippen LogP contribution in [-0.2, 0) is 34.7 Å². The number of aryl methyl sites for hydroxylation is 1. The first-order valence-electron chi connectivity index (χ1n) is 11.1. The van der Waals surface area contributed by atoms with Crippen molar-refractivity contribution in [2.75, 3.05) is 19.7 Å². The molecule has 33 heavy (non-hydrogen) atoms. The molecule has 2 aliphatic rings. The first-order valence-corrected chi connectivity index (χ1v) is 11.1. The van der Waals surface area contributed by atoms with E-state index in [1.54, 1.807) is 6.26 Å². The number of benzene rings is 1. The molecule has 1 saturated heterocycles. The zero-order chi connectivity index (χ0) is 23.1. The van der Waals surface area contributed by atoms with Crippen LogP contribution in [0, 0.1) is 6.92 Å². The molecule has 0 radical (unpaired) electrons. The summed E-state index contributed by atoms with van der Waals surface area (Å²) >= 11 is 0. The molecular weight excluding hydrogens is 422 g/mol. The minimum Gasteiger partial charge on any atom is -0.487 e. The second kappa shape index (κ2) is 10.6. The monoisotopic (exact) mass is 451 g/mol. The molecule has 0 aliphatic carbocycles. The van der Waals surface area contributed by atoms with Crippen LogP contribution in [0.15, 0.2) is 53.4 Å². The quantitative estimate of drug-likeness (QED) is 0.586. The highest BCUT2D eigenvalue weighted by molar-refractivity contribution is 5.41. The van der Waals surface area contributed by atoms with E-state index in [9.17, 15) is 0 Å². The molecule has 1 fully saturated rings. The van der Waals surface area contributed by atoms with Gasteiger partial charge < -0.3 is 19.0 Å². The van der Waals surface area contributed by atoms with Crippen molar-refractivity contribution in [1.82, 2.24) is 14.9 Å². The Balaban J connectivity index is 0.000000821. The molecule has 2 aromatic heterocycles. The molecule has 4 heterocycles. The minimum atomic E-state index is -0.250. The van der Waals surface area contributed by atoms with Gasteiger partial charge >= 0.3 is 0 Å². The van der Waals surface area contributed by atoms with Crippen molar-refractivity contribution in [3.63, 3.8) is 0 Å². The van der Waals surface area contributed by atoms with E-state index in [-0.39, 0.29) is 12.1 Å². The standard InChI is InChI=1S/C24H27N3O3.CH2O2/c1-18-26-21(16-28-18)17-29-22-2-3-23-20(14-22)6-13-30-24(23)7-11-27(12-8-24)15-19-4-9-25-10-5-19;2-1-3/h2-5,9-10,14,16H,6-8,11-13,15,17H2,1H3;1H,(H,2,3). The number of nitrogens with zero attached hydrogens (tertiary/aromatic N) is 3. The number of pyridine rings is 1. The first-order chi connectivity index (χ1) is 16.1. The van der Waals surface area contributed by atoms with Gasteiger partial charge in [-0.1, -0.05) is 6.07 Å². The van der Waals surface area contributed by atoms with E-state index in [0.717, 1.165) is 56.9 Å². The molecule has 0 saturated carbocycles. The molecule has 1 N–H and O–H groups in total. The van der Waals surface area contributed by atoms with Gasteiger partial charge in [0.25, 0.3) is 6.47 Å². The van der Waals surface area contributed by atoms with Gasteiger partial charge in [-0.3, -0.25) is 14.7 Å². The van der Waals surface area contributed by atoms with Gasteiger partial charge in [-0.15, -0.1) is 0 Å². The smallest absolute Gasteiger partial charge is 0.290 e. The summed E-state index contributed by atoms with van der Waals surface area (Å²) in [5.41, 5.74) is 4.64. The van der Waals surface area contributed by atoms with Crippen LogP contribution in [0.3, 0.4) is 0 Å². The number of carbonyl (C=O) groups is 1. The maximum atomic E-state index is 8.36. The van der Waals surface area contributed by atoms with Gasteiger partial charge in [0.05, 0.1) is 12.2 Å². The predicted octanol–water partition coefficient (Wildman–Crippen LogP) is 3.72. The number of hydrogen-bond acceptors (Lipinski definition) is 7. The number of oxazole rings is 1. The average molecular weight is 452 g/mol. The van der Waals surface area contributed by atoms with Crippen LogP contribution < -0.4 is 4.74 Å². The Bertz CT molecular complexity index is 1050. The summed E-state index contributed by atoms with van der Waals surface area (Å²) in [5.74, 6) is 1.54. The normalized spacial score (nSPS) is 17.0. The molecule has 174 valence electrons. The van der Waals surface area contributed by atoms with Gasteiger partial charge in [0, 0.05) is 39.0 Å². The number of rotatable bonds is 5. The fraction of sp³-hybridized carbons (Fsp3) is 0.400. The Kier molecular flexibility index (Phi) is 7.36. The van der Waals surface area contributed by atoms with Crippen LogP contribution in [0.2, 0.25) is 0 Å². The summed E-state index contributed by atoms with van der Waals surface area (Å²) in [5, 5.41) is 6.89. The van der Waals surface area contributed by atoms with Crippen LogP contribution in [-0.4, -0.2) is 46.1 Å². The topological polar surface area (TPSA) is 97.9 Å². The van der Waals surface area contributed by atoms with Crippen molar-refractivity contribution < 1.29 is 23.8 Å². The minimum absolute atomic E-state index is 0.163. The van der Waals surface area contributed by atoms with Crippen molar-refractivity contribution in [2.45, 2.75) is 44.9 Å². The number of likely N-dealkylation sites (tertiary alicyclic amines) is 1. The Hall–Kier alpha value is -3.23. The zero-order valence-corrected chi connectivity index (χ0v) is 18.8. The maximum absolute atomic E-state index is 8.36. The van der Waals surface area contributed by atoms with E-state index in [2.05, 4.69) is 45.2 Å². The van der Waals surface area contributed by atoms with Crippen molar-refractivity contribution in [3.8, 4) is 5.75 Å². The van der Waals surface area contributed by atoms with Crippen molar-refractivity contribution in [2.24, 2.45) is 0 Å². The molecule has 0 amide bonds. The molecule has 8 heteroatoms. The van der Waals surface area contributed by atoms with E-state index < -0.39 is 0 Å². The van der Waals surface area contributed by atoms with Crippen molar-refractivity contribution in [3.05, 3.63) is 77.3 Å². The third kappa shape index (κ3) is 5.58. The van der Waals surface area contributed by atoms with Gasteiger partial charge in [0.2, 0.25) is 0 Å². The molecular formula is C25H29N3O5. The largest absolute Gasteiger partial charge is 0.487 e. The average Bonchev–Trinajstić information content (AvgIpc) is 3.26. The third-order valence-corrected chi connectivity index (χ3v) is 6.19.